The molecule has 0 aliphatic carbocycles. The van der Waals surface area contributed by atoms with Gasteiger partial charge in [0.15, 0.2) is 0 Å². The Kier molecular flexibility index (Phi) is 4.61. The second-order valence-corrected chi connectivity index (χ2v) is 11.4. The first-order valence-corrected chi connectivity index (χ1v) is 11.7. The van der Waals surface area contributed by atoms with Gasteiger partial charge in [0.05, 0.1) is 19.2 Å². The van der Waals surface area contributed by atoms with Gasteiger partial charge in [-0.05, 0) is 29.6 Å². The van der Waals surface area contributed by atoms with Gasteiger partial charge < -0.3 is 9.80 Å². The summed E-state index contributed by atoms with van der Waals surface area (Å²) in [7, 11) is 0. The molecule has 25 heavy (non-hydrogen) atoms. The SMILES string of the molecule is S=P1(c2ccccc2)CN(c2ccccc2)CN(c2ccccc2)C1. The smallest absolute Gasteiger partial charge is 0.0911 e. The molecule has 1 aliphatic rings. The Morgan fingerprint density at radius 1 is 0.600 bits per heavy atom. The molecule has 4 rings (SSSR count). The molecule has 0 spiro atoms. The zero-order valence-corrected chi connectivity index (χ0v) is 15.7. The average molecular weight is 364 g/mol. The molecule has 3 aromatic rings. The Balaban J connectivity index is 1.74. The van der Waals surface area contributed by atoms with Crippen LogP contribution in [0.4, 0.5) is 11.4 Å². The summed E-state index contributed by atoms with van der Waals surface area (Å²) >= 11 is 6.30. The van der Waals surface area contributed by atoms with E-state index in [0.717, 1.165) is 19.2 Å². The van der Waals surface area contributed by atoms with E-state index in [1.807, 2.05) is 0 Å². The van der Waals surface area contributed by atoms with Gasteiger partial charge in [-0.25, -0.2) is 0 Å². The highest BCUT2D eigenvalue weighted by Gasteiger charge is 2.32. The summed E-state index contributed by atoms with van der Waals surface area (Å²) in [6.07, 6.45) is 1.89. The third-order valence-electron chi connectivity index (χ3n) is 4.61. The first-order chi connectivity index (χ1) is 12.2. The van der Waals surface area contributed by atoms with E-state index in [4.69, 9.17) is 11.8 Å². The molecule has 1 fully saturated rings. The average Bonchev–Trinajstić information content (AvgIpc) is 2.70. The number of hydrogen-bond acceptors (Lipinski definition) is 3. The molecule has 0 atom stereocenters. The van der Waals surface area contributed by atoms with Crippen LogP contribution in [-0.2, 0) is 11.8 Å². The maximum absolute atomic E-state index is 6.30. The van der Waals surface area contributed by atoms with Crippen molar-refractivity contribution in [2.45, 2.75) is 0 Å². The molecule has 2 nitrogen and oxygen atoms in total. The first-order valence-electron chi connectivity index (χ1n) is 8.48. The van der Waals surface area contributed by atoms with Gasteiger partial charge in [0.1, 0.15) is 0 Å². The van der Waals surface area contributed by atoms with Gasteiger partial charge in [0.25, 0.3) is 0 Å². The molecule has 0 saturated carbocycles. The largest absolute Gasteiger partial charge is 0.348 e. The van der Waals surface area contributed by atoms with Crippen molar-refractivity contribution in [2.24, 2.45) is 0 Å². The van der Waals surface area contributed by atoms with E-state index in [9.17, 15) is 0 Å². The summed E-state index contributed by atoms with van der Waals surface area (Å²) in [6.45, 7) is 0.874. The molecule has 0 radical (unpaired) electrons. The highest BCUT2D eigenvalue weighted by molar-refractivity contribution is 8.18. The lowest BCUT2D eigenvalue weighted by molar-refractivity contribution is 0.799. The Morgan fingerprint density at radius 2 is 1.00 bits per heavy atom. The molecule has 0 amide bonds. The van der Waals surface area contributed by atoms with Gasteiger partial charge in [-0.3, -0.25) is 0 Å². The van der Waals surface area contributed by atoms with Crippen LogP contribution in [0.15, 0.2) is 91.0 Å². The molecule has 0 bridgehead atoms. The monoisotopic (exact) mass is 364 g/mol. The summed E-state index contributed by atoms with van der Waals surface area (Å²) in [5.74, 6) is 0. The van der Waals surface area contributed by atoms with Crippen LogP contribution < -0.4 is 15.1 Å². The summed E-state index contributed by atoms with van der Waals surface area (Å²) in [5, 5.41) is 1.33. The molecular formula is C21H21N2PS. The predicted molar refractivity (Wildman–Crippen MR) is 113 cm³/mol. The molecule has 1 saturated heterocycles. The number of nitrogens with zero attached hydrogens (tertiary/aromatic N) is 2. The maximum atomic E-state index is 6.30. The highest BCUT2D eigenvalue weighted by atomic mass is 32.4. The van der Waals surface area contributed by atoms with Gasteiger partial charge in [-0.1, -0.05) is 78.5 Å². The van der Waals surface area contributed by atoms with Crippen LogP contribution in [0.2, 0.25) is 0 Å². The summed E-state index contributed by atoms with van der Waals surface area (Å²) < 4.78 is 0. The van der Waals surface area contributed by atoms with Crippen molar-refractivity contribution in [1.29, 1.82) is 0 Å². The van der Waals surface area contributed by atoms with Gasteiger partial charge in [0, 0.05) is 17.4 Å². The van der Waals surface area contributed by atoms with Crippen LogP contribution in [0.25, 0.3) is 0 Å². The van der Waals surface area contributed by atoms with Crippen LogP contribution in [0.1, 0.15) is 0 Å². The molecular weight excluding hydrogens is 343 g/mol. The topological polar surface area (TPSA) is 6.48 Å². The number of rotatable bonds is 3. The molecule has 0 aromatic heterocycles. The molecule has 3 aromatic carbocycles. The molecule has 0 unspecified atom stereocenters. The van der Waals surface area contributed by atoms with E-state index >= 15 is 0 Å². The van der Waals surface area contributed by atoms with E-state index in [1.54, 1.807) is 0 Å². The van der Waals surface area contributed by atoms with Crippen molar-refractivity contribution >= 4 is 34.5 Å². The summed E-state index contributed by atoms with van der Waals surface area (Å²) in [4.78, 5) is 4.87. The van der Waals surface area contributed by atoms with Crippen LogP contribution in [0.5, 0.6) is 0 Å². The van der Waals surface area contributed by atoms with Gasteiger partial charge in [0.2, 0.25) is 0 Å². The van der Waals surface area contributed by atoms with Crippen molar-refractivity contribution in [3.05, 3.63) is 91.0 Å². The molecule has 4 heteroatoms. The molecule has 0 N–H and O–H groups in total. The number of benzene rings is 3. The predicted octanol–water partition coefficient (Wildman–Crippen LogP) is 4.69. The zero-order valence-electron chi connectivity index (χ0n) is 14.0. The third-order valence-corrected chi connectivity index (χ3v) is 8.77. The third kappa shape index (κ3) is 3.49. The van der Waals surface area contributed by atoms with Crippen LogP contribution in [0.3, 0.4) is 0 Å². The van der Waals surface area contributed by atoms with Crippen molar-refractivity contribution in [2.75, 3.05) is 29.0 Å². The first kappa shape index (κ1) is 16.4. The Hall–Kier alpha value is -2.09. The van der Waals surface area contributed by atoms with Crippen LogP contribution in [0, 0.1) is 0 Å². The summed E-state index contributed by atoms with van der Waals surface area (Å²) in [6, 6.07) is 30.2. The van der Waals surface area contributed by atoms with E-state index in [0.29, 0.717) is 0 Å². The minimum atomic E-state index is -1.72. The van der Waals surface area contributed by atoms with Crippen molar-refractivity contribution in [3.63, 3.8) is 0 Å². The number of hydrogen-bond donors (Lipinski definition) is 0. The minimum Gasteiger partial charge on any atom is -0.348 e. The number of para-hydroxylation sites is 2. The highest BCUT2D eigenvalue weighted by Crippen LogP contribution is 2.50. The van der Waals surface area contributed by atoms with E-state index in [-0.39, 0.29) is 0 Å². The number of anilines is 2. The lowest BCUT2D eigenvalue weighted by atomic mass is 10.3. The summed E-state index contributed by atoms with van der Waals surface area (Å²) in [5.41, 5.74) is 2.49. The Bertz CT molecular complexity index is 817. The quantitative estimate of drug-likeness (QED) is 0.623. The molecule has 126 valence electrons. The normalized spacial score (nSPS) is 16.6. The zero-order chi connectivity index (χ0) is 17.1. The van der Waals surface area contributed by atoms with Crippen LogP contribution in [-0.4, -0.2) is 19.2 Å². The van der Waals surface area contributed by atoms with Crippen molar-refractivity contribution < 1.29 is 0 Å². The van der Waals surface area contributed by atoms with E-state index in [2.05, 4.69) is 101 Å². The van der Waals surface area contributed by atoms with Crippen molar-refractivity contribution in [1.82, 2.24) is 0 Å². The Labute approximate surface area is 154 Å². The van der Waals surface area contributed by atoms with Crippen LogP contribution >= 0.6 is 6.04 Å². The van der Waals surface area contributed by atoms with Gasteiger partial charge in [-0.15, -0.1) is 0 Å². The minimum absolute atomic E-state index is 0.874. The van der Waals surface area contributed by atoms with E-state index < -0.39 is 6.04 Å². The maximum Gasteiger partial charge on any atom is 0.0911 e. The Morgan fingerprint density at radius 3 is 1.44 bits per heavy atom. The lowest BCUT2D eigenvalue weighted by Gasteiger charge is -2.44. The van der Waals surface area contributed by atoms with E-state index in [1.165, 1.54) is 16.7 Å². The molecule has 1 heterocycles. The molecule has 1 aliphatic heterocycles. The fourth-order valence-corrected chi connectivity index (χ4v) is 7.30. The van der Waals surface area contributed by atoms with Gasteiger partial charge >= 0.3 is 0 Å². The standard InChI is InChI=1S/C21H21N2PS/c25-24(21-14-8-3-9-15-21)17-22(19-10-4-1-5-11-19)16-23(18-24)20-12-6-2-7-13-20/h1-15H,16-18H2. The van der Waals surface area contributed by atoms with Gasteiger partial charge in [-0.2, -0.15) is 0 Å². The lowest BCUT2D eigenvalue weighted by Crippen LogP contribution is -2.46. The van der Waals surface area contributed by atoms with Crippen molar-refractivity contribution in [3.8, 4) is 0 Å². The second kappa shape index (κ2) is 7.03. The second-order valence-electron chi connectivity index (χ2n) is 6.40. The fourth-order valence-electron chi connectivity index (χ4n) is 3.36. The fraction of sp³-hybridized carbons (Fsp3) is 0.143.